The van der Waals surface area contributed by atoms with E-state index in [1.165, 1.54) is 26.2 Å². The standard InChI is InChI=1S/C11H12O4/c1-7(2)11(13)15-10-5-4-8(14-3)6-9(10)12/h4-6,12H,1H2,2-3H3. The Morgan fingerprint density at radius 2 is 2.13 bits per heavy atom. The van der Waals surface area contributed by atoms with Gasteiger partial charge in [0.15, 0.2) is 11.5 Å². The average molecular weight is 208 g/mol. The van der Waals surface area contributed by atoms with E-state index in [4.69, 9.17) is 9.47 Å². The number of rotatable bonds is 3. The Kier molecular flexibility index (Phi) is 3.33. The lowest BCUT2D eigenvalue weighted by Gasteiger charge is -2.07. The third kappa shape index (κ3) is 2.74. The van der Waals surface area contributed by atoms with Crippen LogP contribution in [0.1, 0.15) is 6.92 Å². The number of hydrogen-bond donors (Lipinski definition) is 1. The minimum atomic E-state index is -0.574. The fourth-order valence-electron chi connectivity index (χ4n) is 0.897. The summed E-state index contributed by atoms with van der Waals surface area (Å²) >= 11 is 0. The molecule has 1 aromatic carbocycles. The molecule has 0 atom stereocenters. The molecule has 0 saturated carbocycles. The number of esters is 1. The molecule has 4 heteroatoms. The van der Waals surface area contributed by atoms with Crippen LogP contribution in [0.15, 0.2) is 30.4 Å². The first kappa shape index (κ1) is 11.1. The predicted octanol–water partition coefficient (Wildman–Crippen LogP) is 1.88. The van der Waals surface area contributed by atoms with E-state index in [0.717, 1.165) is 0 Å². The van der Waals surface area contributed by atoms with E-state index >= 15 is 0 Å². The Balaban J connectivity index is 2.87. The molecular formula is C11H12O4. The van der Waals surface area contributed by atoms with E-state index < -0.39 is 5.97 Å². The van der Waals surface area contributed by atoms with Crippen molar-refractivity contribution in [3.63, 3.8) is 0 Å². The number of carbonyl (C=O) groups is 1. The molecule has 0 spiro atoms. The van der Waals surface area contributed by atoms with Gasteiger partial charge in [-0.3, -0.25) is 0 Å². The van der Waals surface area contributed by atoms with Crippen LogP contribution in [0.5, 0.6) is 17.2 Å². The Bertz CT molecular complexity index is 396. The summed E-state index contributed by atoms with van der Waals surface area (Å²) in [7, 11) is 1.48. The maximum Gasteiger partial charge on any atom is 0.338 e. The lowest BCUT2D eigenvalue weighted by Crippen LogP contribution is -2.08. The summed E-state index contributed by atoms with van der Waals surface area (Å²) in [4.78, 5) is 11.2. The highest BCUT2D eigenvalue weighted by Gasteiger charge is 2.09. The zero-order valence-electron chi connectivity index (χ0n) is 8.61. The fourth-order valence-corrected chi connectivity index (χ4v) is 0.897. The number of aromatic hydroxyl groups is 1. The van der Waals surface area contributed by atoms with Crippen LogP contribution in [0.2, 0.25) is 0 Å². The summed E-state index contributed by atoms with van der Waals surface area (Å²) in [5, 5.41) is 9.47. The highest BCUT2D eigenvalue weighted by atomic mass is 16.5. The van der Waals surface area contributed by atoms with Gasteiger partial charge in [0.2, 0.25) is 0 Å². The third-order valence-electron chi connectivity index (χ3n) is 1.72. The van der Waals surface area contributed by atoms with Crippen molar-refractivity contribution < 1.29 is 19.4 Å². The van der Waals surface area contributed by atoms with Gasteiger partial charge in [-0.15, -0.1) is 0 Å². The molecule has 80 valence electrons. The van der Waals surface area contributed by atoms with Crippen molar-refractivity contribution in [3.05, 3.63) is 30.4 Å². The van der Waals surface area contributed by atoms with Gasteiger partial charge in [-0.25, -0.2) is 4.79 Å². The van der Waals surface area contributed by atoms with Crippen molar-refractivity contribution in [1.82, 2.24) is 0 Å². The van der Waals surface area contributed by atoms with Gasteiger partial charge in [-0.1, -0.05) is 6.58 Å². The van der Waals surface area contributed by atoms with Crippen LogP contribution in [-0.2, 0) is 4.79 Å². The van der Waals surface area contributed by atoms with E-state index in [2.05, 4.69) is 6.58 Å². The zero-order valence-corrected chi connectivity index (χ0v) is 8.61. The molecule has 0 heterocycles. The lowest BCUT2D eigenvalue weighted by atomic mass is 10.3. The summed E-state index contributed by atoms with van der Waals surface area (Å²) in [5.41, 5.74) is 0.269. The molecule has 0 aliphatic heterocycles. The van der Waals surface area contributed by atoms with Gasteiger partial charge in [0.25, 0.3) is 0 Å². The first-order valence-electron chi connectivity index (χ1n) is 4.29. The molecule has 1 aromatic rings. The highest BCUT2D eigenvalue weighted by Crippen LogP contribution is 2.30. The average Bonchev–Trinajstić information content (AvgIpc) is 2.20. The van der Waals surface area contributed by atoms with Crippen LogP contribution in [0.4, 0.5) is 0 Å². The predicted molar refractivity (Wildman–Crippen MR) is 55.1 cm³/mol. The van der Waals surface area contributed by atoms with Gasteiger partial charge in [0.1, 0.15) is 5.75 Å². The molecule has 0 bridgehead atoms. The summed E-state index contributed by atoms with van der Waals surface area (Å²) < 4.78 is 9.75. The van der Waals surface area contributed by atoms with Crippen molar-refractivity contribution in [3.8, 4) is 17.2 Å². The number of phenols is 1. The molecule has 0 aliphatic carbocycles. The lowest BCUT2D eigenvalue weighted by molar-refractivity contribution is -0.130. The van der Waals surface area contributed by atoms with Gasteiger partial charge >= 0.3 is 5.97 Å². The Hall–Kier alpha value is -1.97. The minimum absolute atomic E-state index is 0.0869. The van der Waals surface area contributed by atoms with E-state index in [1.54, 1.807) is 6.07 Å². The van der Waals surface area contributed by atoms with Crippen LogP contribution in [0.25, 0.3) is 0 Å². The second kappa shape index (κ2) is 4.50. The molecule has 1 rings (SSSR count). The van der Waals surface area contributed by atoms with E-state index in [0.29, 0.717) is 5.75 Å². The molecule has 4 nitrogen and oxygen atoms in total. The first-order chi connectivity index (χ1) is 7.04. The highest BCUT2D eigenvalue weighted by molar-refractivity contribution is 5.89. The van der Waals surface area contributed by atoms with Crippen LogP contribution in [0.3, 0.4) is 0 Å². The normalized spacial score (nSPS) is 9.47. The Morgan fingerprint density at radius 3 is 2.60 bits per heavy atom. The maximum absolute atomic E-state index is 11.2. The number of hydrogen-bond acceptors (Lipinski definition) is 4. The zero-order chi connectivity index (χ0) is 11.4. The number of phenolic OH excluding ortho intramolecular Hbond substituents is 1. The van der Waals surface area contributed by atoms with E-state index in [9.17, 15) is 9.90 Å². The molecule has 0 saturated heterocycles. The van der Waals surface area contributed by atoms with Crippen LogP contribution < -0.4 is 9.47 Å². The number of ether oxygens (including phenoxy) is 2. The molecule has 1 N–H and O–H groups in total. The molecule has 0 radical (unpaired) electrons. The number of methoxy groups -OCH3 is 1. The van der Waals surface area contributed by atoms with Gasteiger partial charge < -0.3 is 14.6 Å². The Morgan fingerprint density at radius 1 is 1.47 bits per heavy atom. The van der Waals surface area contributed by atoms with E-state index in [1.807, 2.05) is 0 Å². The van der Waals surface area contributed by atoms with Gasteiger partial charge in [0.05, 0.1) is 7.11 Å². The van der Waals surface area contributed by atoms with Crippen molar-refractivity contribution in [2.24, 2.45) is 0 Å². The molecule has 0 aromatic heterocycles. The first-order valence-corrected chi connectivity index (χ1v) is 4.29. The SMILES string of the molecule is C=C(C)C(=O)Oc1ccc(OC)cc1O. The monoisotopic (exact) mass is 208 g/mol. The largest absolute Gasteiger partial charge is 0.504 e. The summed E-state index contributed by atoms with van der Waals surface area (Å²) in [6.45, 7) is 4.96. The van der Waals surface area contributed by atoms with Crippen molar-refractivity contribution in [2.45, 2.75) is 6.92 Å². The van der Waals surface area contributed by atoms with Crippen LogP contribution >= 0.6 is 0 Å². The number of carbonyl (C=O) groups excluding carboxylic acids is 1. The summed E-state index contributed by atoms with van der Waals surface area (Å²) in [5.74, 6) is -0.147. The van der Waals surface area contributed by atoms with Gasteiger partial charge in [0, 0.05) is 11.6 Å². The van der Waals surface area contributed by atoms with E-state index in [-0.39, 0.29) is 17.1 Å². The summed E-state index contributed by atoms with van der Waals surface area (Å²) in [6.07, 6.45) is 0. The van der Waals surface area contributed by atoms with Crippen molar-refractivity contribution in [1.29, 1.82) is 0 Å². The molecule has 0 amide bonds. The van der Waals surface area contributed by atoms with Crippen molar-refractivity contribution in [2.75, 3.05) is 7.11 Å². The Labute approximate surface area is 87.7 Å². The van der Waals surface area contributed by atoms with Crippen LogP contribution in [-0.4, -0.2) is 18.2 Å². The fraction of sp³-hybridized carbons (Fsp3) is 0.182. The second-order valence-electron chi connectivity index (χ2n) is 3.00. The van der Waals surface area contributed by atoms with Gasteiger partial charge in [-0.05, 0) is 19.1 Å². The summed E-state index contributed by atoms with van der Waals surface area (Å²) in [6, 6.07) is 4.40. The van der Waals surface area contributed by atoms with Crippen molar-refractivity contribution >= 4 is 5.97 Å². The smallest absolute Gasteiger partial charge is 0.338 e. The van der Waals surface area contributed by atoms with Crippen LogP contribution in [0, 0.1) is 0 Å². The quantitative estimate of drug-likeness (QED) is 0.468. The van der Waals surface area contributed by atoms with Gasteiger partial charge in [-0.2, -0.15) is 0 Å². The number of benzene rings is 1. The molecule has 0 aliphatic rings. The molecule has 15 heavy (non-hydrogen) atoms. The molecule has 0 unspecified atom stereocenters. The minimum Gasteiger partial charge on any atom is -0.504 e. The topological polar surface area (TPSA) is 55.8 Å². The third-order valence-corrected chi connectivity index (χ3v) is 1.72. The second-order valence-corrected chi connectivity index (χ2v) is 3.00. The molecular weight excluding hydrogens is 196 g/mol. The maximum atomic E-state index is 11.2. The molecule has 0 fully saturated rings.